The lowest BCUT2D eigenvalue weighted by molar-refractivity contribution is -0.385. The molecule has 0 radical (unpaired) electrons. The van der Waals surface area contributed by atoms with E-state index in [2.05, 4.69) is 15.2 Å². The first-order valence-corrected chi connectivity index (χ1v) is 8.51. The number of thioether (sulfide) groups is 1. The van der Waals surface area contributed by atoms with Gasteiger partial charge in [0, 0.05) is 17.9 Å². The van der Waals surface area contributed by atoms with Gasteiger partial charge in [0.25, 0.3) is 5.69 Å². The first-order chi connectivity index (χ1) is 11.1. The van der Waals surface area contributed by atoms with Crippen LogP contribution in [0.4, 0.5) is 5.69 Å². The predicted molar refractivity (Wildman–Crippen MR) is 88.5 cm³/mol. The zero-order chi connectivity index (χ0) is 16.2. The Morgan fingerprint density at radius 1 is 1.39 bits per heavy atom. The Morgan fingerprint density at radius 2 is 2.26 bits per heavy atom. The van der Waals surface area contributed by atoms with Crippen LogP contribution in [0.2, 0.25) is 0 Å². The molecule has 23 heavy (non-hydrogen) atoms. The third-order valence-corrected chi connectivity index (χ3v) is 4.86. The lowest BCUT2D eigenvalue weighted by Crippen LogP contribution is -2.01. The second kappa shape index (κ2) is 6.90. The van der Waals surface area contributed by atoms with Gasteiger partial charge >= 0.3 is 0 Å². The van der Waals surface area contributed by atoms with Crippen LogP contribution < -0.4 is 0 Å². The zero-order valence-corrected chi connectivity index (χ0v) is 13.4. The van der Waals surface area contributed by atoms with Gasteiger partial charge in [-0.15, -0.1) is 16.4 Å². The number of benzene rings is 1. The Labute approximate surface area is 139 Å². The molecule has 0 aliphatic carbocycles. The fourth-order valence-corrected chi connectivity index (χ4v) is 3.36. The molecule has 1 aromatic carbocycles. The number of nitro benzene ring substituents is 1. The average Bonchev–Trinajstić information content (AvgIpc) is 3.23. The summed E-state index contributed by atoms with van der Waals surface area (Å²) in [5.41, 5.74) is 0.463. The van der Waals surface area contributed by atoms with Crippen LogP contribution in [0, 0.1) is 10.1 Å². The highest BCUT2D eigenvalue weighted by molar-refractivity contribution is 7.99. The summed E-state index contributed by atoms with van der Waals surface area (Å²) in [5, 5.41) is 30.4. The Morgan fingerprint density at radius 3 is 3.00 bits per heavy atom. The van der Waals surface area contributed by atoms with Crippen molar-refractivity contribution >= 4 is 28.8 Å². The van der Waals surface area contributed by atoms with Gasteiger partial charge in [0.2, 0.25) is 5.16 Å². The Kier molecular flexibility index (Phi) is 4.70. The summed E-state index contributed by atoms with van der Waals surface area (Å²) in [7, 11) is 0. The maximum Gasteiger partial charge on any atom is 0.269 e. The van der Waals surface area contributed by atoms with E-state index in [-0.39, 0.29) is 5.69 Å². The molecule has 118 valence electrons. The molecule has 7 nitrogen and oxygen atoms in total. The van der Waals surface area contributed by atoms with Gasteiger partial charge in [-0.05, 0) is 17.0 Å². The number of hydrogen-bond donors (Lipinski definition) is 2. The zero-order valence-electron chi connectivity index (χ0n) is 11.7. The number of aliphatic hydroxyl groups is 1. The number of aromatic nitrogens is 3. The summed E-state index contributed by atoms with van der Waals surface area (Å²) in [6, 6.07) is 9.86. The van der Waals surface area contributed by atoms with Crippen LogP contribution >= 0.6 is 23.1 Å². The van der Waals surface area contributed by atoms with Gasteiger partial charge in [0.1, 0.15) is 0 Å². The number of non-ortho nitro benzene ring substituents is 1. The van der Waals surface area contributed by atoms with E-state index >= 15 is 0 Å². The van der Waals surface area contributed by atoms with Crippen LogP contribution in [0.25, 0.3) is 10.7 Å². The van der Waals surface area contributed by atoms with E-state index in [1.54, 1.807) is 23.5 Å². The molecule has 0 bridgehead atoms. The molecule has 2 heterocycles. The number of H-pyrrole nitrogens is 1. The number of nitrogens with one attached hydrogen (secondary N) is 1. The second-order valence-corrected chi connectivity index (χ2v) is 6.56. The second-order valence-electron chi connectivity index (χ2n) is 4.62. The topological polar surface area (TPSA) is 105 Å². The van der Waals surface area contributed by atoms with Crippen molar-refractivity contribution in [1.82, 2.24) is 15.2 Å². The molecule has 9 heteroatoms. The minimum absolute atomic E-state index is 0.0376. The third kappa shape index (κ3) is 3.76. The molecule has 1 unspecified atom stereocenters. The van der Waals surface area contributed by atoms with Crippen LogP contribution in [0.3, 0.4) is 0 Å². The molecule has 3 aromatic rings. The number of rotatable bonds is 6. The molecule has 0 saturated carbocycles. The van der Waals surface area contributed by atoms with Gasteiger partial charge < -0.3 is 5.11 Å². The average molecular weight is 348 g/mol. The van der Waals surface area contributed by atoms with Crippen molar-refractivity contribution in [2.24, 2.45) is 0 Å². The largest absolute Gasteiger partial charge is 0.388 e. The molecule has 2 N–H and O–H groups in total. The molecule has 0 aliphatic rings. The SMILES string of the molecule is O=[N+]([O-])c1cccc(C(O)CSc2n[nH]c(-c3cccs3)n2)c1. The summed E-state index contributed by atoms with van der Waals surface area (Å²) < 4.78 is 0. The maximum absolute atomic E-state index is 10.8. The van der Waals surface area contributed by atoms with Crippen molar-refractivity contribution in [3.05, 3.63) is 57.5 Å². The number of thiophene rings is 1. The Bertz CT molecular complexity index is 804. The van der Waals surface area contributed by atoms with Crippen LogP contribution in [0.1, 0.15) is 11.7 Å². The van der Waals surface area contributed by atoms with Crippen LogP contribution in [0.15, 0.2) is 46.9 Å². The van der Waals surface area contributed by atoms with E-state index in [0.717, 1.165) is 4.88 Å². The number of nitro groups is 1. The maximum atomic E-state index is 10.8. The summed E-state index contributed by atoms with van der Waals surface area (Å²) >= 11 is 2.85. The van der Waals surface area contributed by atoms with Crippen molar-refractivity contribution in [1.29, 1.82) is 0 Å². The highest BCUT2D eigenvalue weighted by Crippen LogP contribution is 2.27. The van der Waals surface area contributed by atoms with Crippen molar-refractivity contribution in [3.8, 4) is 10.7 Å². The van der Waals surface area contributed by atoms with Gasteiger partial charge in [-0.25, -0.2) is 4.98 Å². The lowest BCUT2D eigenvalue weighted by Gasteiger charge is -2.08. The van der Waals surface area contributed by atoms with E-state index < -0.39 is 11.0 Å². The summed E-state index contributed by atoms with van der Waals surface area (Å²) in [4.78, 5) is 15.6. The molecule has 1 atom stereocenters. The molecule has 0 fully saturated rings. The number of aliphatic hydroxyl groups excluding tert-OH is 1. The minimum Gasteiger partial charge on any atom is -0.388 e. The normalized spacial score (nSPS) is 12.2. The molecule has 0 aliphatic heterocycles. The molecule has 2 aromatic heterocycles. The van der Waals surface area contributed by atoms with Crippen LogP contribution in [-0.2, 0) is 0 Å². The van der Waals surface area contributed by atoms with Gasteiger partial charge in [-0.2, -0.15) is 0 Å². The van der Waals surface area contributed by atoms with Crippen LogP contribution in [0.5, 0.6) is 0 Å². The van der Waals surface area contributed by atoms with E-state index in [1.165, 1.54) is 23.9 Å². The predicted octanol–water partition coefficient (Wildman–Crippen LogP) is 3.27. The monoisotopic (exact) mass is 348 g/mol. The molecular weight excluding hydrogens is 336 g/mol. The van der Waals surface area contributed by atoms with Crippen LogP contribution in [-0.4, -0.2) is 31.0 Å². The van der Waals surface area contributed by atoms with E-state index in [9.17, 15) is 15.2 Å². The van der Waals surface area contributed by atoms with Crippen molar-refractivity contribution in [3.63, 3.8) is 0 Å². The number of aromatic amines is 1. The third-order valence-electron chi connectivity index (χ3n) is 3.06. The first kappa shape index (κ1) is 15.7. The smallest absolute Gasteiger partial charge is 0.269 e. The molecule has 0 amide bonds. The summed E-state index contributed by atoms with van der Waals surface area (Å²) in [6.07, 6.45) is -0.830. The summed E-state index contributed by atoms with van der Waals surface area (Å²) in [5.74, 6) is 0.996. The van der Waals surface area contributed by atoms with E-state index in [0.29, 0.717) is 22.3 Å². The van der Waals surface area contributed by atoms with Gasteiger partial charge in [0.05, 0.1) is 15.9 Å². The Balaban J connectivity index is 1.64. The van der Waals surface area contributed by atoms with Crippen molar-refractivity contribution in [2.75, 3.05) is 5.75 Å². The standard InChI is InChI=1S/C14H12N4O3S2/c19-11(9-3-1-4-10(7-9)18(20)21)8-23-14-15-13(16-17-14)12-5-2-6-22-12/h1-7,11,19H,8H2,(H,15,16,17). The highest BCUT2D eigenvalue weighted by atomic mass is 32.2. The molecule has 3 rings (SSSR count). The quantitative estimate of drug-likeness (QED) is 0.402. The molecule has 0 spiro atoms. The Hall–Kier alpha value is -2.23. The van der Waals surface area contributed by atoms with Crippen molar-refractivity contribution in [2.45, 2.75) is 11.3 Å². The number of nitrogens with zero attached hydrogens (tertiary/aromatic N) is 3. The van der Waals surface area contributed by atoms with E-state index in [1.807, 2.05) is 17.5 Å². The van der Waals surface area contributed by atoms with Gasteiger partial charge in [-0.3, -0.25) is 15.2 Å². The molecule has 0 saturated heterocycles. The highest BCUT2D eigenvalue weighted by Gasteiger charge is 2.14. The fourth-order valence-electron chi connectivity index (χ4n) is 1.93. The first-order valence-electron chi connectivity index (χ1n) is 6.65. The van der Waals surface area contributed by atoms with E-state index in [4.69, 9.17) is 0 Å². The molecular formula is C14H12N4O3S2. The number of hydrogen-bond acceptors (Lipinski definition) is 7. The minimum atomic E-state index is -0.830. The lowest BCUT2D eigenvalue weighted by atomic mass is 10.1. The van der Waals surface area contributed by atoms with Gasteiger partial charge in [0.15, 0.2) is 5.82 Å². The van der Waals surface area contributed by atoms with Gasteiger partial charge in [-0.1, -0.05) is 30.0 Å². The van der Waals surface area contributed by atoms with Crippen molar-refractivity contribution < 1.29 is 10.0 Å². The summed E-state index contributed by atoms with van der Waals surface area (Å²) in [6.45, 7) is 0. The fraction of sp³-hybridized carbons (Fsp3) is 0.143.